The molecule has 1 aromatic heterocycles. The van der Waals surface area contributed by atoms with Crippen LogP contribution in [0, 0.1) is 13.8 Å². The number of anilines is 1. The Kier molecular flexibility index (Phi) is 8.68. The fraction of sp³-hybridized carbons (Fsp3) is 0.500. The molecule has 0 unspecified atom stereocenters. The van der Waals surface area contributed by atoms with Gasteiger partial charge in [0.1, 0.15) is 0 Å². The minimum atomic E-state index is -3.61. The maximum atomic E-state index is 13.7. The van der Waals surface area contributed by atoms with Gasteiger partial charge in [-0.2, -0.15) is 4.31 Å². The summed E-state index contributed by atoms with van der Waals surface area (Å²) < 4.78 is 29.1. The van der Waals surface area contributed by atoms with Gasteiger partial charge in [-0.25, -0.2) is 13.4 Å². The number of thiazole rings is 1. The zero-order valence-corrected chi connectivity index (χ0v) is 24.2. The van der Waals surface area contributed by atoms with E-state index in [-0.39, 0.29) is 16.8 Å². The van der Waals surface area contributed by atoms with Gasteiger partial charge in [-0.05, 0) is 95.2 Å². The topological polar surface area (TPSA) is 73.8 Å². The van der Waals surface area contributed by atoms with Gasteiger partial charge in [-0.1, -0.05) is 36.7 Å². The summed E-state index contributed by atoms with van der Waals surface area (Å²) in [7, 11) is 2.09. The molecule has 0 saturated heterocycles. The lowest BCUT2D eigenvalue weighted by molar-refractivity contribution is 0.0986. The van der Waals surface area contributed by atoms with E-state index in [1.165, 1.54) is 27.6 Å². The maximum Gasteiger partial charge on any atom is 0.260 e. The molecule has 0 radical (unpaired) electrons. The number of benzene rings is 2. The van der Waals surface area contributed by atoms with Gasteiger partial charge in [0.2, 0.25) is 10.0 Å². The fourth-order valence-corrected chi connectivity index (χ4v) is 7.62. The summed E-state index contributed by atoms with van der Waals surface area (Å²) in [4.78, 5) is 22.6. The Labute approximate surface area is 225 Å². The second kappa shape index (κ2) is 11.6. The summed E-state index contributed by atoms with van der Waals surface area (Å²) in [6.45, 7) is 5.48. The van der Waals surface area contributed by atoms with Crippen LogP contribution in [0.5, 0.6) is 0 Å². The highest BCUT2D eigenvalue weighted by atomic mass is 32.2. The summed E-state index contributed by atoms with van der Waals surface area (Å²) in [5.74, 6) is -0.170. The quantitative estimate of drug-likeness (QED) is 0.359. The van der Waals surface area contributed by atoms with E-state index >= 15 is 0 Å². The minimum absolute atomic E-state index is 0.0402. The molecule has 1 aliphatic rings. The lowest BCUT2D eigenvalue weighted by atomic mass is 9.96. The van der Waals surface area contributed by atoms with Crippen molar-refractivity contribution in [2.75, 3.05) is 39.1 Å². The zero-order valence-electron chi connectivity index (χ0n) is 22.5. The van der Waals surface area contributed by atoms with Crippen molar-refractivity contribution < 1.29 is 13.2 Å². The summed E-state index contributed by atoms with van der Waals surface area (Å²) in [5.41, 5.74) is 3.63. The molecule has 2 aromatic carbocycles. The molecule has 0 bridgehead atoms. The predicted octanol–water partition coefficient (Wildman–Crippen LogP) is 5.46. The predicted molar refractivity (Wildman–Crippen MR) is 152 cm³/mol. The van der Waals surface area contributed by atoms with Gasteiger partial charge < -0.3 is 4.90 Å². The molecule has 0 N–H and O–H groups in total. The molecule has 1 saturated carbocycles. The molecular formula is C28H38N4O3S2. The van der Waals surface area contributed by atoms with E-state index in [0.717, 1.165) is 54.4 Å². The van der Waals surface area contributed by atoms with Crippen molar-refractivity contribution in [3.05, 3.63) is 53.1 Å². The molecule has 1 aliphatic carbocycles. The Morgan fingerprint density at radius 1 is 1.00 bits per heavy atom. The molecule has 3 aromatic rings. The second-order valence-electron chi connectivity index (χ2n) is 10.4. The summed E-state index contributed by atoms with van der Waals surface area (Å²) >= 11 is 1.52. The van der Waals surface area contributed by atoms with Crippen LogP contribution < -0.4 is 4.90 Å². The number of nitrogens with zero attached hydrogens (tertiary/aromatic N) is 4. The fourth-order valence-electron chi connectivity index (χ4n) is 5.04. The number of sulfonamides is 1. The van der Waals surface area contributed by atoms with Crippen LogP contribution in [0.15, 0.2) is 41.3 Å². The van der Waals surface area contributed by atoms with E-state index in [9.17, 15) is 13.2 Å². The van der Waals surface area contributed by atoms with Gasteiger partial charge in [0, 0.05) is 25.2 Å². The first-order valence-corrected chi connectivity index (χ1v) is 15.3. The largest absolute Gasteiger partial charge is 0.309 e. The third kappa shape index (κ3) is 6.22. The molecule has 7 nitrogen and oxygen atoms in total. The highest BCUT2D eigenvalue weighted by Gasteiger charge is 2.29. The number of aryl methyl sites for hydroxylation is 2. The van der Waals surface area contributed by atoms with E-state index in [1.54, 1.807) is 36.2 Å². The highest BCUT2D eigenvalue weighted by Crippen LogP contribution is 2.33. The third-order valence-electron chi connectivity index (χ3n) is 7.15. The molecule has 1 amide bonds. The zero-order chi connectivity index (χ0) is 26.7. The van der Waals surface area contributed by atoms with Crippen molar-refractivity contribution in [3.8, 4) is 0 Å². The number of hydrogen-bond donors (Lipinski definition) is 0. The molecular weight excluding hydrogens is 504 g/mol. The van der Waals surface area contributed by atoms with Crippen molar-refractivity contribution >= 4 is 42.6 Å². The minimum Gasteiger partial charge on any atom is -0.309 e. The normalized spacial score (nSPS) is 15.1. The van der Waals surface area contributed by atoms with Crippen molar-refractivity contribution in [2.45, 2.75) is 63.3 Å². The van der Waals surface area contributed by atoms with Crippen LogP contribution in [0.2, 0.25) is 0 Å². The second-order valence-corrected chi connectivity index (χ2v) is 13.4. The van der Waals surface area contributed by atoms with Crippen LogP contribution in [0.25, 0.3) is 10.2 Å². The molecule has 9 heteroatoms. The van der Waals surface area contributed by atoms with Gasteiger partial charge in [0.25, 0.3) is 5.91 Å². The van der Waals surface area contributed by atoms with Gasteiger partial charge in [-0.3, -0.25) is 9.69 Å². The maximum absolute atomic E-state index is 13.7. The van der Waals surface area contributed by atoms with E-state index in [0.29, 0.717) is 17.2 Å². The van der Waals surface area contributed by atoms with Crippen molar-refractivity contribution in [3.63, 3.8) is 0 Å². The number of rotatable bonds is 9. The first-order valence-electron chi connectivity index (χ1n) is 13.0. The van der Waals surface area contributed by atoms with Crippen LogP contribution in [-0.2, 0) is 10.0 Å². The number of amides is 1. The van der Waals surface area contributed by atoms with Gasteiger partial charge >= 0.3 is 0 Å². The lowest BCUT2D eigenvalue weighted by Crippen LogP contribution is -2.38. The average Bonchev–Trinajstić information content (AvgIpc) is 3.30. The molecule has 0 spiro atoms. The van der Waals surface area contributed by atoms with E-state index < -0.39 is 10.0 Å². The van der Waals surface area contributed by atoms with Crippen LogP contribution in [-0.4, -0.2) is 68.8 Å². The smallest absolute Gasteiger partial charge is 0.260 e. The number of hydrogen-bond acceptors (Lipinski definition) is 6. The van der Waals surface area contributed by atoms with Crippen LogP contribution >= 0.6 is 11.3 Å². The van der Waals surface area contributed by atoms with Gasteiger partial charge in [0.15, 0.2) is 5.13 Å². The van der Waals surface area contributed by atoms with Crippen LogP contribution in [0.3, 0.4) is 0 Å². The SMILES string of the molecule is Cc1cc(C)c2nc(N(CCCN(C)C)C(=O)c3ccc(S(=O)(=O)N(C)C4CCCCC4)cc3)sc2c1. The van der Waals surface area contributed by atoms with Crippen LogP contribution in [0.4, 0.5) is 5.13 Å². The highest BCUT2D eigenvalue weighted by molar-refractivity contribution is 7.89. The van der Waals surface area contributed by atoms with Crippen molar-refractivity contribution in [2.24, 2.45) is 0 Å². The standard InChI is InChI=1S/C28H38N4O3S2/c1-20-18-21(2)26-25(19-20)36-28(29-26)32(17-9-16-30(3)4)27(33)22-12-14-24(15-13-22)37(34,35)31(5)23-10-7-6-8-11-23/h12-15,18-19,23H,6-11,16-17H2,1-5H3. The molecule has 200 valence electrons. The molecule has 0 atom stereocenters. The lowest BCUT2D eigenvalue weighted by Gasteiger charge is -2.30. The number of fused-ring (bicyclic) bond motifs is 1. The summed E-state index contributed by atoms with van der Waals surface area (Å²) in [5, 5.41) is 0.668. The summed E-state index contributed by atoms with van der Waals surface area (Å²) in [6, 6.07) is 10.6. The monoisotopic (exact) mass is 542 g/mol. The summed E-state index contributed by atoms with van der Waals surface area (Å²) in [6.07, 6.45) is 5.88. The first kappa shape index (κ1) is 27.7. The van der Waals surface area contributed by atoms with E-state index in [1.807, 2.05) is 21.0 Å². The Morgan fingerprint density at radius 2 is 1.68 bits per heavy atom. The Hall–Kier alpha value is -2.33. The molecule has 37 heavy (non-hydrogen) atoms. The van der Waals surface area contributed by atoms with Crippen molar-refractivity contribution in [1.29, 1.82) is 0 Å². The van der Waals surface area contributed by atoms with Gasteiger partial charge in [0.05, 0.1) is 15.1 Å². The van der Waals surface area contributed by atoms with E-state index in [2.05, 4.69) is 24.0 Å². The molecule has 0 aliphatic heterocycles. The number of aromatic nitrogens is 1. The van der Waals surface area contributed by atoms with Crippen LogP contribution in [0.1, 0.15) is 60.0 Å². The first-order chi connectivity index (χ1) is 17.6. The molecule has 4 rings (SSSR count). The van der Waals surface area contributed by atoms with Crippen molar-refractivity contribution in [1.82, 2.24) is 14.2 Å². The Bertz CT molecular complexity index is 1340. The Morgan fingerprint density at radius 3 is 2.32 bits per heavy atom. The van der Waals surface area contributed by atoms with Gasteiger partial charge in [-0.15, -0.1) is 0 Å². The molecule has 1 heterocycles. The third-order valence-corrected chi connectivity index (χ3v) is 10.1. The van der Waals surface area contributed by atoms with E-state index in [4.69, 9.17) is 4.98 Å². The molecule has 1 fully saturated rings. The number of carbonyl (C=O) groups excluding carboxylic acids is 1. The average molecular weight is 543 g/mol. The number of carbonyl (C=O) groups is 1. The Balaban J connectivity index is 1.60.